The molecule has 0 saturated heterocycles. The van der Waals surface area contributed by atoms with E-state index in [2.05, 4.69) is 17.5 Å². The first-order valence-corrected chi connectivity index (χ1v) is 7.47. The van der Waals surface area contributed by atoms with Gasteiger partial charge in [0.15, 0.2) is 0 Å². The van der Waals surface area contributed by atoms with E-state index >= 15 is 0 Å². The molecule has 0 aromatic heterocycles. The molecule has 1 aromatic rings. The second-order valence-electron chi connectivity index (χ2n) is 5.12. The minimum absolute atomic E-state index is 0.191. The van der Waals surface area contributed by atoms with Crippen molar-refractivity contribution in [3.63, 3.8) is 0 Å². The number of esters is 1. The molecule has 1 aromatic carbocycles. The van der Waals surface area contributed by atoms with Gasteiger partial charge in [-0.2, -0.15) is 0 Å². The van der Waals surface area contributed by atoms with Crippen LogP contribution in [0.2, 0.25) is 0 Å². The van der Waals surface area contributed by atoms with Gasteiger partial charge in [-0.25, -0.2) is 4.79 Å². The number of benzene rings is 1. The van der Waals surface area contributed by atoms with Crippen LogP contribution in [0.4, 0.5) is 5.69 Å². The molecule has 0 bridgehead atoms. The maximum Gasteiger partial charge on any atom is 0.328 e. The van der Waals surface area contributed by atoms with E-state index < -0.39 is 0 Å². The molecule has 0 heterocycles. The van der Waals surface area contributed by atoms with Crippen LogP contribution < -0.4 is 10.1 Å². The van der Waals surface area contributed by atoms with Gasteiger partial charge in [0.25, 0.3) is 0 Å². The van der Waals surface area contributed by atoms with Crippen LogP contribution in [0.3, 0.4) is 0 Å². The van der Waals surface area contributed by atoms with Gasteiger partial charge in [0.1, 0.15) is 11.8 Å². The highest BCUT2D eigenvalue weighted by Gasteiger charge is 2.30. The molecule has 0 radical (unpaired) electrons. The van der Waals surface area contributed by atoms with Crippen molar-refractivity contribution in [2.75, 3.05) is 19.0 Å². The van der Waals surface area contributed by atoms with Gasteiger partial charge in [0.2, 0.25) is 0 Å². The fourth-order valence-corrected chi connectivity index (χ4v) is 2.65. The van der Waals surface area contributed by atoms with Crippen LogP contribution in [0.25, 0.3) is 0 Å². The number of para-hydroxylation sites is 2. The SMILES string of the molecule is CCOC(=O)C(Nc1ccccc1OC)C1CC=CCC1. The van der Waals surface area contributed by atoms with Crippen molar-refractivity contribution in [2.24, 2.45) is 5.92 Å². The molecule has 2 rings (SSSR count). The number of carbonyl (C=O) groups excluding carboxylic acids is 1. The summed E-state index contributed by atoms with van der Waals surface area (Å²) < 4.78 is 10.6. The second-order valence-corrected chi connectivity index (χ2v) is 5.12. The van der Waals surface area contributed by atoms with E-state index in [1.54, 1.807) is 7.11 Å². The number of allylic oxidation sites excluding steroid dienone is 2. The fourth-order valence-electron chi connectivity index (χ4n) is 2.65. The van der Waals surface area contributed by atoms with Crippen molar-refractivity contribution in [1.29, 1.82) is 0 Å². The first-order chi connectivity index (χ1) is 10.3. The molecule has 4 heteroatoms. The van der Waals surface area contributed by atoms with Crippen LogP contribution >= 0.6 is 0 Å². The Morgan fingerprint density at radius 1 is 1.38 bits per heavy atom. The van der Waals surface area contributed by atoms with Gasteiger partial charge >= 0.3 is 5.97 Å². The Labute approximate surface area is 126 Å². The summed E-state index contributed by atoms with van der Waals surface area (Å²) >= 11 is 0. The molecular weight excluding hydrogens is 266 g/mol. The summed E-state index contributed by atoms with van der Waals surface area (Å²) in [6, 6.07) is 7.29. The Morgan fingerprint density at radius 2 is 2.19 bits per heavy atom. The summed E-state index contributed by atoms with van der Waals surface area (Å²) in [6.07, 6.45) is 7.20. The topological polar surface area (TPSA) is 47.6 Å². The molecule has 1 aliphatic carbocycles. The van der Waals surface area contributed by atoms with Gasteiger partial charge in [0, 0.05) is 0 Å². The van der Waals surface area contributed by atoms with Gasteiger partial charge in [-0.15, -0.1) is 0 Å². The van der Waals surface area contributed by atoms with Crippen molar-refractivity contribution in [1.82, 2.24) is 0 Å². The Balaban J connectivity index is 2.18. The predicted octanol–water partition coefficient (Wildman–Crippen LogP) is 3.40. The third kappa shape index (κ3) is 4.00. The molecule has 4 nitrogen and oxygen atoms in total. The average Bonchev–Trinajstić information content (AvgIpc) is 2.54. The van der Waals surface area contributed by atoms with E-state index in [0.717, 1.165) is 30.7 Å². The van der Waals surface area contributed by atoms with Crippen LogP contribution in [-0.2, 0) is 9.53 Å². The van der Waals surface area contributed by atoms with Gasteiger partial charge in [-0.1, -0.05) is 24.3 Å². The molecule has 21 heavy (non-hydrogen) atoms. The maximum absolute atomic E-state index is 12.3. The Kier molecular flexibility index (Phi) is 5.67. The lowest BCUT2D eigenvalue weighted by Gasteiger charge is -2.28. The summed E-state index contributed by atoms with van der Waals surface area (Å²) in [5.74, 6) is 0.792. The van der Waals surface area contributed by atoms with Crippen molar-refractivity contribution < 1.29 is 14.3 Å². The number of ether oxygens (including phenoxy) is 2. The maximum atomic E-state index is 12.3. The number of hydrogen-bond donors (Lipinski definition) is 1. The van der Waals surface area contributed by atoms with E-state index in [1.165, 1.54) is 0 Å². The van der Waals surface area contributed by atoms with E-state index in [4.69, 9.17) is 9.47 Å². The number of carbonyl (C=O) groups is 1. The standard InChI is InChI=1S/C17H23NO3/c1-3-21-17(19)16(13-9-5-4-6-10-13)18-14-11-7-8-12-15(14)20-2/h4-5,7-8,11-13,16,18H,3,6,9-10H2,1-2H3. The molecule has 2 atom stereocenters. The van der Waals surface area contributed by atoms with Crippen molar-refractivity contribution in [3.8, 4) is 5.75 Å². The minimum atomic E-state index is -0.341. The third-order valence-electron chi connectivity index (χ3n) is 3.74. The highest BCUT2D eigenvalue weighted by atomic mass is 16.5. The number of anilines is 1. The number of hydrogen-bond acceptors (Lipinski definition) is 4. The van der Waals surface area contributed by atoms with E-state index in [-0.39, 0.29) is 17.9 Å². The molecular formula is C17H23NO3. The number of methoxy groups -OCH3 is 1. The van der Waals surface area contributed by atoms with Gasteiger partial charge in [-0.05, 0) is 44.2 Å². The number of nitrogens with one attached hydrogen (secondary N) is 1. The highest BCUT2D eigenvalue weighted by Crippen LogP contribution is 2.29. The molecule has 0 fully saturated rings. The molecule has 0 spiro atoms. The smallest absolute Gasteiger partial charge is 0.328 e. The molecule has 0 amide bonds. The van der Waals surface area contributed by atoms with Gasteiger partial charge < -0.3 is 14.8 Å². The lowest BCUT2D eigenvalue weighted by atomic mass is 9.87. The third-order valence-corrected chi connectivity index (χ3v) is 3.74. The molecule has 114 valence electrons. The van der Waals surface area contributed by atoms with Gasteiger partial charge in [0.05, 0.1) is 19.4 Å². The zero-order chi connectivity index (χ0) is 15.1. The van der Waals surface area contributed by atoms with Crippen LogP contribution in [0.5, 0.6) is 5.75 Å². The highest BCUT2D eigenvalue weighted by molar-refractivity contribution is 5.80. The molecule has 0 saturated carbocycles. The fraction of sp³-hybridized carbons (Fsp3) is 0.471. The average molecular weight is 289 g/mol. The van der Waals surface area contributed by atoms with Crippen LogP contribution in [0, 0.1) is 5.92 Å². The zero-order valence-electron chi connectivity index (χ0n) is 12.7. The first-order valence-electron chi connectivity index (χ1n) is 7.47. The van der Waals surface area contributed by atoms with E-state index in [9.17, 15) is 4.79 Å². The lowest BCUT2D eigenvalue weighted by molar-refractivity contribution is -0.145. The monoisotopic (exact) mass is 289 g/mol. The summed E-state index contributed by atoms with van der Waals surface area (Å²) in [7, 11) is 1.63. The Hall–Kier alpha value is -1.97. The second kappa shape index (κ2) is 7.72. The Morgan fingerprint density at radius 3 is 2.86 bits per heavy atom. The predicted molar refractivity (Wildman–Crippen MR) is 83.5 cm³/mol. The molecule has 2 unspecified atom stereocenters. The summed E-state index contributed by atoms with van der Waals surface area (Å²) in [5.41, 5.74) is 0.826. The van der Waals surface area contributed by atoms with Gasteiger partial charge in [-0.3, -0.25) is 0 Å². The van der Waals surface area contributed by atoms with Crippen LogP contribution in [0.1, 0.15) is 26.2 Å². The number of rotatable bonds is 6. The summed E-state index contributed by atoms with van der Waals surface area (Å²) in [6.45, 7) is 2.23. The van der Waals surface area contributed by atoms with Crippen molar-refractivity contribution in [2.45, 2.75) is 32.2 Å². The molecule has 1 aliphatic rings. The van der Waals surface area contributed by atoms with E-state index in [0.29, 0.717) is 6.61 Å². The zero-order valence-corrected chi connectivity index (χ0v) is 12.7. The van der Waals surface area contributed by atoms with Crippen molar-refractivity contribution in [3.05, 3.63) is 36.4 Å². The Bertz CT molecular complexity index is 499. The van der Waals surface area contributed by atoms with Crippen LogP contribution in [-0.4, -0.2) is 25.7 Å². The minimum Gasteiger partial charge on any atom is -0.495 e. The quantitative estimate of drug-likeness (QED) is 0.644. The van der Waals surface area contributed by atoms with Crippen molar-refractivity contribution >= 4 is 11.7 Å². The summed E-state index contributed by atoms with van der Waals surface area (Å²) in [4.78, 5) is 12.3. The van der Waals surface area contributed by atoms with E-state index in [1.807, 2.05) is 31.2 Å². The largest absolute Gasteiger partial charge is 0.495 e. The molecule has 1 N–H and O–H groups in total. The normalized spacial score (nSPS) is 18.9. The first kappa shape index (κ1) is 15.4. The molecule has 0 aliphatic heterocycles. The van der Waals surface area contributed by atoms with Crippen LogP contribution in [0.15, 0.2) is 36.4 Å². The lowest BCUT2D eigenvalue weighted by Crippen LogP contribution is -2.39. The summed E-state index contributed by atoms with van der Waals surface area (Å²) in [5, 5.41) is 3.32.